The third kappa shape index (κ3) is 5.56. The van der Waals surface area contributed by atoms with Crippen LogP contribution in [0.25, 0.3) is 0 Å². The Balaban J connectivity index is 1.10. The molecular formula is C29H44F2O9Si. The van der Waals surface area contributed by atoms with Crippen LogP contribution in [-0.4, -0.2) is 72.8 Å². The highest BCUT2D eigenvalue weighted by molar-refractivity contribution is 6.53. The van der Waals surface area contributed by atoms with Gasteiger partial charge in [0, 0.05) is 39.1 Å². The number of halogens is 2. The van der Waals surface area contributed by atoms with E-state index >= 15 is 0 Å². The van der Waals surface area contributed by atoms with Gasteiger partial charge in [0.2, 0.25) is 0 Å². The molecule has 12 heteroatoms. The fourth-order valence-electron chi connectivity index (χ4n) is 10.7. The van der Waals surface area contributed by atoms with Crippen molar-refractivity contribution in [3.05, 3.63) is 0 Å². The van der Waals surface area contributed by atoms with Crippen LogP contribution in [0, 0.1) is 34.5 Å². The smallest absolute Gasteiger partial charge is 0.461 e. The van der Waals surface area contributed by atoms with E-state index in [0.717, 1.165) is 70.6 Å². The van der Waals surface area contributed by atoms with E-state index in [0.29, 0.717) is 37.0 Å². The van der Waals surface area contributed by atoms with Crippen LogP contribution < -0.4 is 0 Å². The number of rotatable bonds is 11. The normalized spacial score (nSPS) is 42.4. The summed E-state index contributed by atoms with van der Waals surface area (Å²) < 4.78 is 67.4. The van der Waals surface area contributed by atoms with Crippen molar-refractivity contribution in [3.8, 4) is 0 Å². The van der Waals surface area contributed by atoms with Crippen molar-refractivity contribution < 1.29 is 50.3 Å². The molecule has 4 unspecified atom stereocenters. The van der Waals surface area contributed by atoms with E-state index in [1.807, 2.05) is 0 Å². The molecular weight excluding hydrogens is 558 g/mol. The highest BCUT2D eigenvalue weighted by Crippen LogP contribution is 2.65. The second-order valence-electron chi connectivity index (χ2n) is 14.6. The Labute approximate surface area is 241 Å². The van der Waals surface area contributed by atoms with Crippen molar-refractivity contribution in [1.82, 2.24) is 0 Å². The van der Waals surface area contributed by atoms with Gasteiger partial charge in [-0.2, -0.15) is 8.78 Å². The molecule has 232 valence electrons. The van der Waals surface area contributed by atoms with Crippen molar-refractivity contribution >= 4 is 21.2 Å². The van der Waals surface area contributed by atoms with Crippen LogP contribution in [0.15, 0.2) is 0 Å². The third-order valence-electron chi connectivity index (χ3n) is 11.0. The Morgan fingerprint density at radius 3 is 1.63 bits per heavy atom. The van der Waals surface area contributed by atoms with Crippen molar-refractivity contribution in [2.45, 2.75) is 101 Å². The van der Waals surface area contributed by atoms with Gasteiger partial charge in [-0.3, -0.25) is 0 Å². The Morgan fingerprint density at radius 2 is 1.17 bits per heavy atom. The fraction of sp³-hybridized carbons (Fsp3) is 0.931. The molecule has 4 atom stereocenters. The van der Waals surface area contributed by atoms with Crippen LogP contribution >= 0.6 is 0 Å². The van der Waals surface area contributed by atoms with Crippen LogP contribution in [0.5, 0.6) is 0 Å². The Hall–Kier alpha value is -1.34. The summed E-state index contributed by atoms with van der Waals surface area (Å²) in [5.41, 5.74) is -1.75. The predicted octanol–water partition coefficient (Wildman–Crippen LogP) is 5.41. The average Bonchev–Trinajstić information content (AvgIpc) is 2.87. The summed E-state index contributed by atoms with van der Waals surface area (Å²) in [6.07, 6.45) is 9.65. The van der Waals surface area contributed by atoms with Crippen LogP contribution in [0.4, 0.5) is 13.6 Å². The summed E-state index contributed by atoms with van der Waals surface area (Å²) in [5, 5.41) is 0. The minimum absolute atomic E-state index is 0.0639. The monoisotopic (exact) mass is 602 g/mol. The zero-order valence-corrected chi connectivity index (χ0v) is 25.6. The van der Waals surface area contributed by atoms with E-state index in [-0.39, 0.29) is 18.6 Å². The van der Waals surface area contributed by atoms with Gasteiger partial charge >= 0.3 is 27.1 Å². The van der Waals surface area contributed by atoms with E-state index in [9.17, 15) is 18.4 Å². The molecule has 8 aliphatic rings. The maximum absolute atomic E-state index is 13.5. The summed E-state index contributed by atoms with van der Waals surface area (Å²) in [5.74, 6) is -3.43. The quantitative estimate of drug-likeness (QED) is 0.227. The first-order valence-electron chi connectivity index (χ1n) is 15.0. The van der Waals surface area contributed by atoms with Crippen molar-refractivity contribution in [3.63, 3.8) is 0 Å². The molecule has 0 spiro atoms. The Kier molecular flexibility index (Phi) is 7.32. The number of carbonyl (C=O) groups is 2. The van der Waals surface area contributed by atoms with Gasteiger partial charge in [0.25, 0.3) is 0 Å². The number of ether oxygens (including phenoxy) is 3. The highest BCUT2D eigenvalue weighted by Gasteiger charge is 2.64. The van der Waals surface area contributed by atoms with Gasteiger partial charge in [-0.25, -0.2) is 9.59 Å². The third-order valence-corrected chi connectivity index (χ3v) is 13.2. The molecule has 0 heterocycles. The number of hydrogen-bond acceptors (Lipinski definition) is 9. The number of carbonyl (C=O) groups excluding carboxylic acids is 2. The Morgan fingerprint density at radius 1 is 0.732 bits per heavy atom. The maximum atomic E-state index is 13.5. The number of hydrogen-bond donors (Lipinski definition) is 0. The lowest BCUT2D eigenvalue weighted by atomic mass is 9.48. The first-order chi connectivity index (χ1) is 19.3. The van der Waals surface area contributed by atoms with Crippen LogP contribution in [-0.2, 0) is 36.7 Å². The van der Waals surface area contributed by atoms with Gasteiger partial charge in [0.05, 0.1) is 12.2 Å². The summed E-state index contributed by atoms with van der Waals surface area (Å²) in [6.45, 7) is 0.757. The first kappa shape index (κ1) is 29.7. The van der Waals surface area contributed by atoms with Crippen molar-refractivity contribution in [2.75, 3.05) is 34.5 Å². The van der Waals surface area contributed by atoms with Gasteiger partial charge in [-0.15, -0.1) is 0 Å². The topological polar surface area (TPSA) is 98.8 Å². The second kappa shape index (κ2) is 10.1. The summed E-state index contributed by atoms with van der Waals surface area (Å²) in [7, 11) is 1.38. The largest absolute Gasteiger partial charge is 0.679 e. The van der Waals surface area contributed by atoms with E-state index in [4.69, 9.17) is 31.9 Å². The Bertz CT molecular complexity index is 1010. The zero-order valence-electron chi connectivity index (χ0n) is 24.6. The molecule has 0 aromatic carbocycles. The van der Waals surface area contributed by atoms with Crippen molar-refractivity contribution in [2.24, 2.45) is 34.5 Å². The first-order valence-corrected chi connectivity index (χ1v) is 16.7. The minimum atomic E-state index is -3.53. The molecule has 0 saturated heterocycles. The SMILES string of the molecule is CO[Si](OC)(OC)OC12CC3CC(CC(COC(=O)OC45CC6CC(CC(COC(=O)C(C)(F)F)(C6)C4)C5)(C3)C1)C2. The molecule has 8 rings (SSSR count). The molecule has 0 N–H and O–H groups in total. The van der Waals surface area contributed by atoms with Gasteiger partial charge in [0.15, 0.2) is 0 Å². The molecule has 0 aliphatic heterocycles. The lowest BCUT2D eigenvalue weighted by molar-refractivity contribution is -0.209. The lowest BCUT2D eigenvalue weighted by Crippen LogP contribution is -2.63. The molecule has 8 fully saturated rings. The van der Waals surface area contributed by atoms with Gasteiger partial charge in [-0.05, 0) is 101 Å². The summed E-state index contributed by atoms with van der Waals surface area (Å²) in [6, 6.07) is 0. The fourth-order valence-corrected chi connectivity index (χ4v) is 12.2. The highest BCUT2D eigenvalue weighted by atomic mass is 28.4. The lowest BCUT2D eigenvalue weighted by Gasteiger charge is -2.62. The molecule has 41 heavy (non-hydrogen) atoms. The molecule has 0 aromatic heterocycles. The van der Waals surface area contributed by atoms with Crippen LogP contribution in [0.1, 0.15) is 84.0 Å². The van der Waals surface area contributed by atoms with Gasteiger partial charge in [-0.1, -0.05) is 0 Å². The second-order valence-corrected chi connectivity index (χ2v) is 17.0. The maximum Gasteiger partial charge on any atom is 0.679 e. The molecule has 8 saturated carbocycles. The molecule has 9 nitrogen and oxygen atoms in total. The average molecular weight is 603 g/mol. The van der Waals surface area contributed by atoms with Crippen LogP contribution in [0.2, 0.25) is 0 Å². The standard InChI is InChI=1S/C29H44F2O9Si/c1-25(30,31)23(32)37-17-26-7-19-5-20(8-26)12-28(11-19,15-26)39-24(33)38-18-27-9-21-6-22(10-27)14-29(13-21,16-27)40-41(34-2,35-3)36-4/h19-22H,5-18H2,1-4H3. The molecule has 0 aromatic rings. The number of alkyl halides is 2. The molecule has 8 bridgehead atoms. The zero-order chi connectivity index (χ0) is 29.3. The predicted molar refractivity (Wildman–Crippen MR) is 142 cm³/mol. The van der Waals surface area contributed by atoms with Crippen LogP contribution in [0.3, 0.4) is 0 Å². The van der Waals surface area contributed by atoms with E-state index < -0.39 is 43.7 Å². The van der Waals surface area contributed by atoms with E-state index in [2.05, 4.69) is 0 Å². The minimum Gasteiger partial charge on any atom is -0.461 e. The van der Waals surface area contributed by atoms with E-state index in [1.165, 1.54) is 0 Å². The molecule has 0 amide bonds. The van der Waals surface area contributed by atoms with Crippen molar-refractivity contribution in [1.29, 1.82) is 0 Å². The summed E-state index contributed by atoms with van der Waals surface area (Å²) in [4.78, 5) is 25.1. The molecule has 0 radical (unpaired) electrons. The summed E-state index contributed by atoms with van der Waals surface area (Å²) >= 11 is 0. The number of esters is 1. The van der Waals surface area contributed by atoms with Gasteiger partial charge in [0.1, 0.15) is 12.2 Å². The van der Waals surface area contributed by atoms with Gasteiger partial charge < -0.3 is 31.9 Å². The van der Waals surface area contributed by atoms with E-state index in [1.54, 1.807) is 21.3 Å². The molecule has 8 aliphatic carbocycles.